The van der Waals surface area contributed by atoms with Crippen LogP contribution < -0.4 is 5.32 Å². The zero-order valence-corrected chi connectivity index (χ0v) is 17.7. The van der Waals surface area contributed by atoms with E-state index in [2.05, 4.69) is 5.32 Å². The summed E-state index contributed by atoms with van der Waals surface area (Å²) < 4.78 is 52.6. The fourth-order valence-corrected chi connectivity index (χ4v) is 5.14. The molecule has 5 nitrogen and oxygen atoms in total. The van der Waals surface area contributed by atoms with Crippen molar-refractivity contribution in [2.24, 2.45) is 0 Å². The second-order valence-corrected chi connectivity index (χ2v) is 9.77. The molecule has 0 atom stereocenters. The third-order valence-corrected chi connectivity index (χ3v) is 7.50. The number of carbonyl (C=O) groups excluding carboxylic acids is 1. The zero-order valence-electron chi connectivity index (χ0n) is 16.9. The SMILES string of the molecule is CN(CCCC(=O)NC1(c2ccc(F)cc2)CCCC1)S(=O)(=O)c1ccc(F)cc1. The van der Waals surface area contributed by atoms with Gasteiger partial charge in [0.1, 0.15) is 11.6 Å². The number of hydrogen-bond donors (Lipinski definition) is 1. The molecule has 0 heterocycles. The Labute approximate surface area is 176 Å². The Morgan fingerprint density at radius 3 is 2.10 bits per heavy atom. The lowest BCUT2D eigenvalue weighted by Crippen LogP contribution is -2.44. The first kappa shape index (κ1) is 22.4. The molecule has 0 aliphatic heterocycles. The van der Waals surface area contributed by atoms with Gasteiger partial charge in [0.15, 0.2) is 0 Å². The van der Waals surface area contributed by atoms with Crippen LogP contribution in [0.4, 0.5) is 8.78 Å². The largest absolute Gasteiger partial charge is 0.347 e. The molecule has 0 bridgehead atoms. The molecule has 1 saturated carbocycles. The Bertz CT molecular complexity index is 970. The molecule has 1 amide bonds. The molecule has 1 N–H and O–H groups in total. The predicted molar refractivity (Wildman–Crippen MR) is 110 cm³/mol. The third kappa shape index (κ3) is 5.05. The highest BCUT2D eigenvalue weighted by Crippen LogP contribution is 2.38. The minimum atomic E-state index is -3.74. The average molecular weight is 437 g/mol. The molecule has 2 aromatic carbocycles. The van der Waals surface area contributed by atoms with Crippen LogP contribution in [-0.4, -0.2) is 32.2 Å². The number of carbonyl (C=O) groups is 1. The topological polar surface area (TPSA) is 66.5 Å². The monoisotopic (exact) mass is 436 g/mol. The molecule has 1 fully saturated rings. The van der Waals surface area contributed by atoms with Gasteiger partial charge in [0.2, 0.25) is 15.9 Å². The molecule has 162 valence electrons. The summed E-state index contributed by atoms with van der Waals surface area (Å²) in [7, 11) is -2.30. The highest BCUT2D eigenvalue weighted by Gasteiger charge is 2.36. The van der Waals surface area contributed by atoms with E-state index in [1.807, 2.05) is 0 Å². The standard InChI is InChI=1S/C22H26F2N2O3S/c1-26(30(28,29)20-12-10-19(24)11-13-20)16-4-5-21(27)25-22(14-2-3-15-22)17-6-8-18(23)9-7-17/h6-13H,2-5,14-16H2,1H3,(H,25,27). The van der Waals surface area contributed by atoms with E-state index in [4.69, 9.17) is 0 Å². The summed E-state index contributed by atoms with van der Waals surface area (Å²) in [6.07, 6.45) is 4.08. The lowest BCUT2D eigenvalue weighted by Gasteiger charge is -2.31. The lowest BCUT2D eigenvalue weighted by atomic mass is 9.88. The molecule has 0 unspecified atom stereocenters. The Morgan fingerprint density at radius 1 is 1.00 bits per heavy atom. The van der Waals surface area contributed by atoms with E-state index in [9.17, 15) is 22.0 Å². The van der Waals surface area contributed by atoms with Crippen LogP contribution in [0.5, 0.6) is 0 Å². The average Bonchev–Trinajstić information content (AvgIpc) is 3.18. The summed E-state index contributed by atoms with van der Waals surface area (Å²) in [4.78, 5) is 12.6. The van der Waals surface area contributed by atoms with Crippen LogP contribution in [0.1, 0.15) is 44.1 Å². The van der Waals surface area contributed by atoms with Crippen molar-refractivity contribution >= 4 is 15.9 Å². The van der Waals surface area contributed by atoms with Crippen LogP contribution >= 0.6 is 0 Å². The Kier molecular flexibility index (Phi) is 6.88. The first-order valence-electron chi connectivity index (χ1n) is 10.0. The molecule has 3 rings (SSSR count). The van der Waals surface area contributed by atoms with Crippen molar-refractivity contribution in [1.82, 2.24) is 9.62 Å². The minimum absolute atomic E-state index is 0.0112. The fourth-order valence-electron chi connectivity index (χ4n) is 3.93. The van der Waals surface area contributed by atoms with Gasteiger partial charge in [0, 0.05) is 20.0 Å². The van der Waals surface area contributed by atoms with Gasteiger partial charge in [-0.3, -0.25) is 4.79 Å². The Hall–Kier alpha value is -2.32. The molecule has 0 saturated heterocycles. The minimum Gasteiger partial charge on any atom is -0.347 e. The van der Waals surface area contributed by atoms with E-state index in [0.717, 1.165) is 43.4 Å². The smallest absolute Gasteiger partial charge is 0.242 e. The van der Waals surface area contributed by atoms with Crippen molar-refractivity contribution in [3.05, 3.63) is 65.7 Å². The van der Waals surface area contributed by atoms with Crippen molar-refractivity contribution in [3.63, 3.8) is 0 Å². The van der Waals surface area contributed by atoms with Crippen molar-refractivity contribution in [2.45, 2.75) is 49.0 Å². The van der Waals surface area contributed by atoms with Crippen molar-refractivity contribution < 1.29 is 22.0 Å². The fraction of sp³-hybridized carbons (Fsp3) is 0.409. The van der Waals surface area contributed by atoms with Gasteiger partial charge in [-0.2, -0.15) is 0 Å². The normalized spacial score (nSPS) is 16.0. The van der Waals surface area contributed by atoms with Crippen LogP contribution in [0.25, 0.3) is 0 Å². The Balaban J connectivity index is 1.57. The highest BCUT2D eigenvalue weighted by molar-refractivity contribution is 7.89. The van der Waals surface area contributed by atoms with Crippen LogP contribution in [0.15, 0.2) is 53.4 Å². The zero-order chi connectivity index (χ0) is 21.8. The highest BCUT2D eigenvalue weighted by atomic mass is 32.2. The number of nitrogens with one attached hydrogen (secondary N) is 1. The van der Waals surface area contributed by atoms with Crippen LogP contribution in [0.2, 0.25) is 0 Å². The number of nitrogens with zero attached hydrogens (tertiary/aromatic N) is 1. The lowest BCUT2D eigenvalue weighted by molar-refractivity contribution is -0.123. The van der Waals surface area contributed by atoms with E-state index in [-0.39, 0.29) is 29.6 Å². The van der Waals surface area contributed by atoms with Gasteiger partial charge in [-0.1, -0.05) is 25.0 Å². The predicted octanol–water partition coefficient (Wildman–Crippen LogP) is 3.95. The van der Waals surface area contributed by atoms with Crippen molar-refractivity contribution in [1.29, 1.82) is 0 Å². The van der Waals surface area contributed by atoms with Gasteiger partial charge < -0.3 is 5.32 Å². The molecule has 2 aromatic rings. The second-order valence-electron chi connectivity index (χ2n) is 7.73. The molecule has 0 spiro atoms. The maximum atomic E-state index is 13.3. The molecule has 1 aliphatic rings. The van der Waals surface area contributed by atoms with Crippen LogP contribution in [0.3, 0.4) is 0 Å². The maximum absolute atomic E-state index is 13.3. The summed E-state index contributed by atoms with van der Waals surface area (Å²) in [5, 5.41) is 3.11. The summed E-state index contributed by atoms with van der Waals surface area (Å²) in [5.74, 6) is -0.979. The maximum Gasteiger partial charge on any atom is 0.242 e. The number of hydrogen-bond acceptors (Lipinski definition) is 3. The molecule has 30 heavy (non-hydrogen) atoms. The Morgan fingerprint density at radius 2 is 1.53 bits per heavy atom. The summed E-state index contributed by atoms with van der Waals surface area (Å²) in [6, 6.07) is 10.9. The van der Waals surface area contributed by atoms with E-state index in [0.29, 0.717) is 6.42 Å². The number of rotatable bonds is 8. The first-order chi connectivity index (χ1) is 14.2. The first-order valence-corrected chi connectivity index (χ1v) is 11.5. The third-order valence-electron chi connectivity index (χ3n) is 5.63. The van der Waals surface area contributed by atoms with Gasteiger partial charge in [-0.05, 0) is 61.2 Å². The number of benzene rings is 2. The summed E-state index contributed by atoms with van der Waals surface area (Å²) in [5.41, 5.74) is 0.405. The van der Waals surface area contributed by atoms with E-state index in [1.165, 1.54) is 35.6 Å². The second kappa shape index (κ2) is 9.22. The quantitative estimate of drug-likeness (QED) is 0.681. The van der Waals surface area contributed by atoms with Gasteiger partial charge >= 0.3 is 0 Å². The van der Waals surface area contributed by atoms with Gasteiger partial charge in [0.05, 0.1) is 10.4 Å². The van der Waals surface area contributed by atoms with Crippen LogP contribution in [-0.2, 0) is 20.4 Å². The molecule has 1 aliphatic carbocycles. The van der Waals surface area contributed by atoms with Gasteiger partial charge in [-0.15, -0.1) is 0 Å². The molecular formula is C22H26F2N2O3S. The number of amides is 1. The van der Waals surface area contributed by atoms with E-state index in [1.54, 1.807) is 12.1 Å². The number of sulfonamides is 1. The molecule has 0 radical (unpaired) electrons. The molecular weight excluding hydrogens is 410 g/mol. The number of halogens is 2. The summed E-state index contributed by atoms with van der Waals surface area (Å²) in [6.45, 7) is 0.163. The van der Waals surface area contributed by atoms with E-state index < -0.39 is 21.4 Å². The summed E-state index contributed by atoms with van der Waals surface area (Å²) >= 11 is 0. The van der Waals surface area contributed by atoms with Crippen molar-refractivity contribution in [2.75, 3.05) is 13.6 Å². The van der Waals surface area contributed by atoms with Crippen LogP contribution in [0, 0.1) is 11.6 Å². The van der Waals surface area contributed by atoms with Crippen molar-refractivity contribution in [3.8, 4) is 0 Å². The van der Waals surface area contributed by atoms with Gasteiger partial charge in [0.25, 0.3) is 0 Å². The molecule has 8 heteroatoms. The molecule has 0 aromatic heterocycles. The van der Waals surface area contributed by atoms with Gasteiger partial charge in [-0.25, -0.2) is 21.5 Å². The van der Waals surface area contributed by atoms with E-state index >= 15 is 0 Å².